The summed E-state index contributed by atoms with van der Waals surface area (Å²) in [7, 11) is 1.67. The molecule has 0 aromatic rings. The molecule has 0 aromatic heterocycles. The SMILES string of the molecule is CNC(=N)C1(O)CCC1. The number of rotatable bonds is 1. The molecular formula is C6H12N2O. The van der Waals surface area contributed by atoms with Crippen molar-refractivity contribution in [3.05, 3.63) is 0 Å². The molecule has 52 valence electrons. The molecule has 0 aromatic carbocycles. The molecule has 3 nitrogen and oxygen atoms in total. The molecule has 9 heavy (non-hydrogen) atoms. The van der Waals surface area contributed by atoms with E-state index >= 15 is 0 Å². The van der Waals surface area contributed by atoms with Crippen molar-refractivity contribution >= 4 is 5.84 Å². The lowest BCUT2D eigenvalue weighted by Gasteiger charge is -2.36. The molecule has 1 fully saturated rings. The van der Waals surface area contributed by atoms with Crippen molar-refractivity contribution < 1.29 is 5.11 Å². The molecule has 1 aliphatic rings. The van der Waals surface area contributed by atoms with Gasteiger partial charge in [0.1, 0.15) is 11.4 Å². The van der Waals surface area contributed by atoms with Crippen molar-refractivity contribution in [2.24, 2.45) is 0 Å². The van der Waals surface area contributed by atoms with E-state index in [-0.39, 0.29) is 5.84 Å². The topological polar surface area (TPSA) is 56.1 Å². The first-order chi connectivity index (χ1) is 4.19. The highest BCUT2D eigenvalue weighted by Gasteiger charge is 2.38. The molecule has 1 saturated carbocycles. The predicted octanol–water partition coefficient (Wildman–Crippen LogP) is 0.0981. The number of amidine groups is 1. The zero-order valence-electron chi connectivity index (χ0n) is 5.57. The van der Waals surface area contributed by atoms with Crippen LogP contribution in [0, 0.1) is 5.41 Å². The average Bonchev–Trinajstić information content (AvgIpc) is 1.81. The second-order valence-corrected chi connectivity index (χ2v) is 2.51. The van der Waals surface area contributed by atoms with Crippen molar-refractivity contribution in [2.45, 2.75) is 24.9 Å². The Kier molecular flexibility index (Phi) is 1.45. The molecule has 3 heteroatoms. The van der Waals surface area contributed by atoms with Crippen LogP contribution < -0.4 is 5.32 Å². The van der Waals surface area contributed by atoms with E-state index in [2.05, 4.69) is 5.32 Å². The van der Waals surface area contributed by atoms with Gasteiger partial charge in [-0.3, -0.25) is 5.41 Å². The van der Waals surface area contributed by atoms with E-state index in [1.165, 1.54) is 0 Å². The molecule has 0 heterocycles. The summed E-state index contributed by atoms with van der Waals surface area (Å²) < 4.78 is 0. The van der Waals surface area contributed by atoms with E-state index in [0.29, 0.717) is 0 Å². The molecule has 0 spiro atoms. The lowest BCUT2D eigenvalue weighted by molar-refractivity contribution is 0.0303. The van der Waals surface area contributed by atoms with Gasteiger partial charge in [-0.25, -0.2) is 0 Å². The summed E-state index contributed by atoms with van der Waals surface area (Å²) >= 11 is 0. The number of hydrogen-bond donors (Lipinski definition) is 3. The van der Waals surface area contributed by atoms with Crippen LogP contribution in [0.5, 0.6) is 0 Å². The lowest BCUT2D eigenvalue weighted by Crippen LogP contribution is -2.50. The van der Waals surface area contributed by atoms with E-state index in [1.54, 1.807) is 7.05 Å². The number of aliphatic hydroxyl groups is 1. The van der Waals surface area contributed by atoms with E-state index in [1.807, 2.05) is 0 Å². The van der Waals surface area contributed by atoms with Crippen LogP contribution >= 0.6 is 0 Å². The van der Waals surface area contributed by atoms with Gasteiger partial charge in [-0.05, 0) is 19.3 Å². The molecule has 0 amide bonds. The van der Waals surface area contributed by atoms with Crippen LogP contribution in [0.4, 0.5) is 0 Å². The Bertz CT molecular complexity index is 129. The van der Waals surface area contributed by atoms with E-state index in [4.69, 9.17) is 5.41 Å². The van der Waals surface area contributed by atoms with Gasteiger partial charge in [0.05, 0.1) is 0 Å². The first-order valence-corrected chi connectivity index (χ1v) is 3.18. The Hall–Kier alpha value is -0.570. The van der Waals surface area contributed by atoms with Crippen LogP contribution in [0.25, 0.3) is 0 Å². The zero-order valence-corrected chi connectivity index (χ0v) is 5.57. The maximum absolute atomic E-state index is 9.39. The largest absolute Gasteiger partial charge is 0.382 e. The molecule has 0 bridgehead atoms. The molecule has 0 aliphatic heterocycles. The van der Waals surface area contributed by atoms with E-state index in [0.717, 1.165) is 19.3 Å². The summed E-state index contributed by atoms with van der Waals surface area (Å²) in [6.45, 7) is 0. The highest BCUT2D eigenvalue weighted by atomic mass is 16.3. The Morgan fingerprint density at radius 1 is 1.67 bits per heavy atom. The molecular weight excluding hydrogens is 116 g/mol. The second-order valence-electron chi connectivity index (χ2n) is 2.51. The highest BCUT2D eigenvalue weighted by Crippen LogP contribution is 2.31. The molecule has 0 unspecified atom stereocenters. The zero-order chi connectivity index (χ0) is 6.91. The van der Waals surface area contributed by atoms with Crippen molar-refractivity contribution in [1.82, 2.24) is 5.32 Å². The third-order valence-corrected chi connectivity index (χ3v) is 1.90. The van der Waals surface area contributed by atoms with Gasteiger partial charge in [-0.1, -0.05) is 0 Å². The van der Waals surface area contributed by atoms with Gasteiger partial charge in [-0.15, -0.1) is 0 Å². The van der Waals surface area contributed by atoms with Crippen LogP contribution in [-0.2, 0) is 0 Å². The number of likely N-dealkylation sites (N-methyl/N-ethyl adjacent to an activating group) is 1. The van der Waals surface area contributed by atoms with Crippen LogP contribution in [0.3, 0.4) is 0 Å². The first kappa shape index (κ1) is 6.55. The van der Waals surface area contributed by atoms with Crippen molar-refractivity contribution in [3.8, 4) is 0 Å². The maximum Gasteiger partial charge on any atom is 0.126 e. The second kappa shape index (κ2) is 1.99. The third kappa shape index (κ3) is 0.920. The van der Waals surface area contributed by atoms with E-state index in [9.17, 15) is 5.11 Å². The Labute approximate surface area is 54.6 Å². The van der Waals surface area contributed by atoms with Gasteiger partial charge in [0.15, 0.2) is 0 Å². The number of nitrogens with one attached hydrogen (secondary N) is 2. The Morgan fingerprint density at radius 3 is 2.33 bits per heavy atom. The van der Waals surface area contributed by atoms with Gasteiger partial charge >= 0.3 is 0 Å². The molecule has 0 atom stereocenters. The van der Waals surface area contributed by atoms with Crippen molar-refractivity contribution in [1.29, 1.82) is 5.41 Å². The monoisotopic (exact) mass is 128 g/mol. The highest BCUT2D eigenvalue weighted by molar-refractivity contribution is 5.88. The molecule has 3 N–H and O–H groups in total. The summed E-state index contributed by atoms with van der Waals surface area (Å²) in [6.07, 6.45) is 2.53. The summed E-state index contributed by atoms with van der Waals surface area (Å²) in [5, 5.41) is 19.3. The molecule has 1 aliphatic carbocycles. The summed E-state index contributed by atoms with van der Waals surface area (Å²) in [6, 6.07) is 0. The van der Waals surface area contributed by atoms with Crippen LogP contribution in [0.2, 0.25) is 0 Å². The first-order valence-electron chi connectivity index (χ1n) is 3.18. The number of hydrogen-bond acceptors (Lipinski definition) is 2. The van der Waals surface area contributed by atoms with Crippen LogP contribution in [-0.4, -0.2) is 23.6 Å². The van der Waals surface area contributed by atoms with Crippen molar-refractivity contribution in [3.63, 3.8) is 0 Å². The molecule has 0 saturated heterocycles. The Balaban J connectivity index is 2.49. The van der Waals surface area contributed by atoms with Crippen molar-refractivity contribution in [2.75, 3.05) is 7.05 Å². The third-order valence-electron chi connectivity index (χ3n) is 1.90. The van der Waals surface area contributed by atoms with Crippen LogP contribution in [0.15, 0.2) is 0 Å². The normalized spacial score (nSPS) is 22.4. The standard InChI is InChI=1S/C6H12N2O/c1-8-5(7)6(9)3-2-4-6/h9H,2-4H2,1H3,(H2,7,8). The summed E-state index contributed by atoms with van der Waals surface area (Å²) in [5.41, 5.74) is -0.797. The molecule has 1 rings (SSSR count). The smallest absolute Gasteiger partial charge is 0.126 e. The maximum atomic E-state index is 9.39. The summed E-state index contributed by atoms with van der Waals surface area (Å²) in [4.78, 5) is 0. The van der Waals surface area contributed by atoms with E-state index < -0.39 is 5.60 Å². The fourth-order valence-corrected chi connectivity index (χ4v) is 0.994. The predicted molar refractivity (Wildman–Crippen MR) is 35.6 cm³/mol. The minimum atomic E-state index is -0.797. The van der Waals surface area contributed by atoms with Gasteiger partial charge in [0.2, 0.25) is 0 Å². The quantitative estimate of drug-likeness (QED) is 0.346. The van der Waals surface area contributed by atoms with Crippen LogP contribution in [0.1, 0.15) is 19.3 Å². The van der Waals surface area contributed by atoms with Gasteiger partial charge in [-0.2, -0.15) is 0 Å². The molecule has 0 radical (unpaired) electrons. The Morgan fingerprint density at radius 2 is 2.22 bits per heavy atom. The fraction of sp³-hybridized carbons (Fsp3) is 0.833. The van der Waals surface area contributed by atoms with Gasteiger partial charge in [0, 0.05) is 7.05 Å². The minimum Gasteiger partial charge on any atom is -0.382 e. The van der Waals surface area contributed by atoms with Gasteiger partial charge in [0.25, 0.3) is 0 Å². The lowest BCUT2D eigenvalue weighted by atomic mass is 9.79. The minimum absolute atomic E-state index is 0.258. The summed E-state index contributed by atoms with van der Waals surface area (Å²) in [5.74, 6) is 0.258. The van der Waals surface area contributed by atoms with Gasteiger partial charge < -0.3 is 10.4 Å². The fourth-order valence-electron chi connectivity index (χ4n) is 0.994. The average molecular weight is 128 g/mol.